The Hall–Kier alpha value is -2.58. The number of rotatable bonds is 3. The normalized spacial score (nSPS) is 20.9. The predicted octanol–water partition coefficient (Wildman–Crippen LogP) is 2.92. The maximum atomic E-state index is 13.0. The highest BCUT2D eigenvalue weighted by Crippen LogP contribution is 2.32. The van der Waals surface area contributed by atoms with Crippen molar-refractivity contribution >= 4 is 44.8 Å². The van der Waals surface area contributed by atoms with Crippen LogP contribution in [0.2, 0.25) is 5.02 Å². The zero-order valence-corrected chi connectivity index (χ0v) is 19.0. The van der Waals surface area contributed by atoms with Crippen LogP contribution in [0.15, 0.2) is 42.5 Å². The highest BCUT2D eigenvalue weighted by Gasteiger charge is 2.42. The zero-order valence-electron chi connectivity index (χ0n) is 17.4. The van der Waals surface area contributed by atoms with E-state index in [1.165, 1.54) is 23.8 Å². The fraction of sp³-hybridized carbons (Fsp3) is 0.364. The Labute approximate surface area is 187 Å². The number of halogens is 1. The first kappa shape index (κ1) is 21.6. The van der Waals surface area contributed by atoms with Gasteiger partial charge in [0.15, 0.2) is 0 Å². The van der Waals surface area contributed by atoms with Crippen LogP contribution in [0, 0.1) is 12.8 Å². The SMILES string of the molecule is Cc1cccc(N2CCN(C(=O)c3ccc(N4C(=O)[C@@H](C)CS4(=O)=O)cc3Cl)CC2)c1. The number of nitrogens with zero attached hydrogens (tertiary/aromatic N) is 3. The molecule has 31 heavy (non-hydrogen) atoms. The van der Waals surface area contributed by atoms with E-state index in [1.54, 1.807) is 11.8 Å². The van der Waals surface area contributed by atoms with Crippen molar-refractivity contribution in [2.24, 2.45) is 5.92 Å². The van der Waals surface area contributed by atoms with Gasteiger partial charge >= 0.3 is 0 Å². The van der Waals surface area contributed by atoms with E-state index in [2.05, 4.69) is 30.0 Å². The van der Waals surface area contributed by atoms with Gasteiger partial charge in [-0.3, -0.25) is 9.59 Å². The van der Waals surface area contributed by atoms with E-state index in [4.69, 9.17) is 11.6 Å². The molecule has 0 spiro atoms. The van der Waals surface area contributed by atoms with Crippen molar-refractivity contribution in [2.45, 2.75) is 13.8 Å². The van der Waals surface area contributed by atoms with Crippen molar-refractivity contribution in [3.8, 4) is 0 Å². The van der Waals surface area contributed by atoms with Crippen molar-refractivity contribution in [1.82, 2.24) is 4.90 Å². The summed E-state index contributed by atoms with van der Waals surface area (Å²) >= 11 is 6.35. The van der Waals surface area contributed by atoms with E-state index < -0.39 is 21.8 Å². The maximum absolute atomic E-state index is 13.0. The number of piperazine rings is 1. The Balaban J connectivity index is 1.48. The molecule has 0 bridgehead atoms. The van der Waals surface area contributed by atoms with Crippen molar-refractivity contribution in [2.75, 3.05) is 41.1 Å². The van der Waals surface area contributed by atoms with Gasteiger partial charge in [0, 0.05) is 31.9 Å². The molecular formula is C22H24ClN3O4S. The van der Waals surface area contributed by atoms with Crippen LogP contribution in [-0.4, -0.2) is 57.1 Å². The number of aryl methyl sites for hydroxylation is 1. The Morgan fingerprint density at radius 3 is 2.32 bits per heavy atom. The zero-order chi connectivity index (χ0) is 22.3. The van der Waals surface area contributed by atoms with E-state index in [9.17, 15) is 18.0 Å². The van der Waals surface area contributed by atoms with Gasteiger partial charge in [-0.15, -0.1) is 0 Å². The van der Waals surface area contributed by atoms with Gasteiger partial charge in [0.1, 0.15) is 0 Å². The largest absolute Gasteiger partial charge is 0.368 e. The second kappa shape index (κ2) is 8.16. The average Bonchev–Trinajstić information content (AvgIpc) is 2.94. The molecular weight excluding hydrogens is 438 g/mol. The molecule has 2 aliphatic heterocycles. The lowest BCUT2D eigenvalue weighted by Gasteiger charge is -2.36. The van der Waals surface area contributed by atoms with E-state index in [-0.39, 0.29) is 22.4 Å². The highest BCUT2D eigenvalue weighted by molar-refractivity contribution is 7.94. The van der Waals surface area contributed by atoms with Crippen LogP contribution in [0.4, 0.5) is 11.4 Å². The molecule has 1 atom stereocenters. The summed E-state index contributed by atoms with van der Waals surface area (Å²) in [7, 11) is -3.72. The fourth-order valence-electron chi connectivity index (χ4n) is 4.05. The van der Waals surface area contributed by atoms with Gasteiger partial charge in [-0.1, -0.05) is 30.7 Å². The second-order valence-electron chi connectivity index (χ2n) is 8.06. The Morgan fingerprint density at radius 2 is 1.74 bits per heavy atom. The summed E-state index contributed by atoms with van der Waals surface area (Å²) < 4.78 is 25.4. The maximum Gasteiger partial charge on any atom is 0.255 e. The molecule has 2 aliphatic rings. The third-order valence-electron chi connectivity index (χ3n) is 5.71. The van der Waals surface area contributed by atoms with Crippen LogP contribution >= 0.6 is 11.6 Å². The van der Waals surface area contributed by atoms with Crippen LogP contribution in [0.25, 0.3) is 0 Å². The number of hydrogen-bond donors (Lipinski definition) is 0. The van der Waals surface area contributed by atoms with Crippen molar-refractivity contribution in [1.29, 1.82) is 0 Å². The molecule has 0 N–H and O–H groups in total. The third kappa shape index (κ3) is 4.14. The summed E-state index contributed by atoms with van der Waals surface area (Å²) in [5.74, 6) is -1.52. The molecule has 0 radical (unpaired) electrons. The Bertz CT molecular complexity index is 1140. The van der Waals surface area contributed by atoms with E-state index >= 15 is 0 Å². The number of amides is 2. The van der Waals surface area contributed by atoms with Gasteiger partial charge in [0.05, 0.1) is 27.9 Å². The number of carbonyl (C=O) groups is 2. The molecule has 4 rings (SSSR count). The minimum absolute atomic E-state index is 0.131. The lowest BCUT2D eigenvalue weighted by atomic mass is 10.1. The van der Waals surface area contributed by atoms with Crippen LogP contribution in [0.1, 0.15) is 22.8 Å². The Kier molecular flexibility index (Phi) is 5.70. The van der Waals surface area contributed by atoms with Crippen LogP contribution in [-0.2, 0) is 14.8 Å². The molecule has 0 saturated carbocycles. The van der Waals surface area contributed by atoms with Gasteiger partial charge in [-0.05, 0) is 42.8 Å². The molecule has 0 unspecified atom stereocenters. The Morgan fingerprint density at radius 1 is 1.03 bits per heavy atom. The number of sulfonamides is 1. The van der Waals surface area contributed by atoms with Crippen molar-refractivity contribution in [3.63, 3.8) is 0 Å². The topological polar surface area (TPSA) is 78.0 Å². The summed E-state index contributed by atoms with van der Waals surface area (Å²) in [5.41, 5.74) is 2.79. The number of benzene rings is 2. The first-order valence-electron chi connectivity index (χ1n) is 10.1. The quantitative estimate of drug-likeness (QED) is 0.702. The van der Waals surface area contributed by atoms with Crippen LogP contribution in [0.5, 0.6) is 0 Å². The summed E-state index contributed by atoms with van der Waals surface area (Å²) in [5, 5.41) is 0.131. The van der Waals surface area contributed by atoms with Gasteiger partial charge in [0.2, 0.25) is 15.9 Å². The molecule has 164 valence electrons. The van der Waals surface area contributed by atoms with Gasteiger partial charge in [-0.2, -0.15) is 0 Å². The molecule has 7 nitrogen and oxygen atoms in total. The summed E-state index contributed by atoms with van der Waals surface area (Å²) in [6.45, 7) is 6.17. The van der Waals surface area contributed by atoms with Crippen LogP contribution in [0.3, 0.4) is 0 Å². The first-order chi connectivity index (χ1) is 14.7. The van der Waals surface area contributed by atoms with Gasteiger partial charge in [-0.25, -0.2) is 12.7 Å². The smallest absolute Gasteiger partial charge is 0.255 e. The molecule has 0 aliphatic carbocycles. The molecule has 2 amide bonds. The van der Waals surface area contributed by atoms with Crippen LogP contribution < -0.4 is 9.21 Å². The summed E-state index contributed by atoms with van der Waals surface area (Å²) in [6, 6.07) is 12.6. The van der Waals surface area contributed by atoms with Gasteiger partial charge < -0.3 is 9.80 Å². The monoisotopic (exact) mass is 461 g/mol. The number of carbonyl (C=O) groups excluding carboxylic acids is 2. The molecule has 0 aromatic heterocycles. The molecule has 2 fully saturated rings. The molecule has 2 heterocycles. The second-order valence-corrected chi connectivity index (χ2v) is 10.3. The van der Waals surface area contributed by atoms with E-state index in [0.29, 0.717) is 31.7 Å². The van der Waals surface area contributed by atoms with Gasteiger partial charge in [0.25, 0.3) is 5.91 Å². The summed E-state index contributed by atoms with van der Waals surface area (Å²) in [4.78, 5) is 29.3. The van der Waals surface area contributed by atoms with Crippen molar-refractivity contribution < 1.29 is 18.0 Å². The molecule has 2 aromatic rings. The third-order valence-corrected chi connectivity index (χ3v) is 7.89. The molecule has 2 saturated heterocycles. The van der Waals surface area contributed by atoms with E-state index in [0.717, 1.165) is 9.99 Å². The lowest BCUT2D eigenvalue weighted by molar-refractivity contribution is -0.119. The molecule has 9 heteroatoms. The first-order valence-corrected chi connectivity index (χ1v) is 12.1. The molecule has 2 aromatic carbocycles. The number of anilines is 2. The predicted molar refractivity (Wildman–Crippen MR) is 121 cm³/mol. The number of hydrogen-bond acceptors (Lipinski definition) is 5. The average molecular weight is 462 g/mol. The fourth-order valence-corrected chi connectivity index (χ4v) is 6.12. The lowest BCUT2D eigenvalue weighted by Crippen LogP contribution is -2.48. The standard InChI is InChI=1S/C22H24ClN3O4S/c1-15-4-3-5-17(12-15)24-8-10-25(11-9-24)22(28)19-7-6-18(13-20(19)23)26-21(27)16(2)14-31(26,29)30/h3-7,12-13,16H,8-11,14H2,1-2H3/t16-/m0/s1. The van der Waals surface area contributed by atoms with Crippen molar-refractivity contribution in [3.05, 3.63) is 58.6 Å². The van der Waals surface area contributed by atoms with E-state index in [1.807, 2.05) is 6.07 Å². The highest BCUT2D eigenvalue weighted by atomic mass is 35.5. The summed E-state index contributed by atoms with van der Waals surface area (Å²) in [6.07, 6.45) is 0. The minimum Gasteiger partial charge on any atom is -0.368 e. The minimum atomic E-state index is -3.72.